The van der Waals surface area contributed by atoms with Gasteiger partial charge in [-0.1, -0.05) is 131 Å². The summed E-state index contributed by atoms with van der Waals surface area (Å²) < 4.78 is 3.74. The summed E-state index contributed by atoms with van der Waals surface area (Å²) in [7, 11) is 0.215. The molecule has 2 aliphatic carbocycles. The van der Waals surface area contributed by atoms with E-state index in [-0.39, 0.29) is 11.1 Å². The lowest BCUT2D eigenvalue weighted by Crippen LogP contribution is -2.43. The van der Waals surface area contributed by atoms with Gasteiger partial charge in [-0.2, -0.15) is 0 Å². The van der Waals surface area contributed by atoms with Crippen LogP contribution in [0, 0.1) is 22.9 Å². The number of hydrogen-bond acceptors (Lipinski definition) is 2. The number of fused-ring (bicyclic) bond motifs is 2. The first-order chi connectivity index (χ1) is 25.4. The van der Waals surface area contributed by atoms with Crippen molar-refractivity contribution in [2.45, 2.75) is 154 Å². The summed E-state index contributed by atoms with van der Waals surface area (Å²) >= 11 is 0. The maximum Gasteiger partial charge on any atom is 0.258 e. The molecule has 2 aromatic carbocycles. The van der Waals surface area contributed by atoms with Crippen molar-refractivity contribution in [3.8, 4) is 22.9 Å². The standard InChI is InChI=1S/2C24H33NOSi/c2*1-16(2)27(17(3)4,18(5)6)15-14-21-20-10-8-9-11-22(20)24(26)25(7)23(21)19-12-13-19/h2*8-11,16-19H,12-13H2,1-7H3. The molecular weight excluding hydrogens is 693 g/mol. The van der Waals surface area contributed by atoms with Gasteiger partial charge >= 0.3 is 0 Å². The Morgan fingerprint density at radius 2 is 0.741 bits per heavy atom. The molecule has 0 N–H and O–H groups in total. The molecule has 2 aliphatic rings. The highest BCUT2D eigenvalue weighted by Gasteiger charge is 2.43. The summed E-state index contributed by atoms with van der Waals surface area (Å²) in [6.07, 6.45) is 4.67. The number of nitrogens with zero attached hydrogens (tertiary/aromatic N) is 2. The highest BCUT2D eigenvalue weighted by Crippen LogP contribution is 2.45. The summed E-state index contributed by atoms with van der Waals surface area (Å²) in [5.41, 5.74) is 16.1. The molecule has 0 amide bonds. The van der Waals surface area contributed by atoms with Crippen LogP contribution in [0.3, 0.4) is 0 Å². The van der Waals surface area contributed by atoms with Crippen LogP contribution in [0.4, 0.5) is 0 Å². The van der Waals surface area contributed by atoms with E-state index in [0.717, 1.165) is 44.1 Å². The fraction of sp³-hybridized carbons (Fsp3) is 0.542. The third kappa shape index (κ3) is 7.51. The molecular formula is C48H66N2O2Si2. The molecule has 0 unspecified atom stereocenters. The molecule has 6 heteroatoms. The second-order valence-corrected chi connectivity index (χ2v) is 29.3. The zero-order chi connectivity index (χ0) is 39.9. The van der Waals surface area contributed by atoms with Gasteiger partial charge in [-0.05, 0) is 71.1 Å². The summed E-state index contributed by atoms with van der Waals surface area (Å²) in [6.45, 7) is 28.2. The summed E-state index contributed by atoms with van der Waals surface area (Å²) in [6, 6.07) is 16.0. The van der Waals surface area contributed by atoms with Crippen LogP contribution in [-0.2, 0) is 14.1 Å². The van der Waals surface area contributed by atoms with E-state index >= 15 is 0 Å². The molecule has 4 aromatic rings. The van der Waals surface area contributed by atoms with Crippen LogP contribution >= 0.6 is 0 Å². The predicted octanol–water partition coefficient (Wildman–Crippen LogP) is 12.0. The van der Waals surface area contributed by atoms with Crippen molar-refractivity contribution in [3.63, 3.8) is 0 Å². The van der Waals surface area contributed by atoms with Gasteiger partial charge in [0.05, 0.1) is 11.1 Å². The first kappa shape index (κ1) is 41.6. The van der Waals surface area contributed by atoms with E-state index in [1.54, 1.807) is 0 Å². The lowest BCUT2D eigenvalue weighted by atomic mass is 10.0. The molecule has 0 saturated heterocycles. The van der Waals surface area contributed by atoms with Crippen molar-refractivity contribution in [2.75, 3.05) is 0 Å². The molecule has 0 aliphatic heterocycles. The second-order valence-electron chi connectivity index (χ2n) is 18.2. The van der Waals surface area contributed by atoms with Gasteiger partial charge in [0.1, 0.15) is 16.1 Å². The van der Waals surface area contributed by atoms with E-state index < -0.39 is 16.1 Å². The molecule has 0 bridgehead atoms. The van der Waals surface area contributed by atoms with Crippen LogP contribution < -0.4 is 11.1 Å². The van der Waals surface area contributed by atoms with Gasteiger partial charge in [-0.25, -0.2) is 0 Å². The lowest BCUT2D eigenvalue weighted by molar-refractivity contribution is 0.783. The van der Waals surface area contributed by atoms with Gasteiger partial charge in [-0.3, -0.25) is 9.59 Å². The Labute approximate surface area is 328 Å². The van der Waals surface area contributed by atoms with Crippen molar-refractivity contribution in [3.05, 3.63) is 91.8 Å². The number of aromatic nitrogens is 2. The minimum atomic E-state index is -1.81. The third-order valence-electron chi connectivity index (χ3n) is 13.2. The maximum atomic E-state index is 12.9. The van der Waals surface area contributed by atoms with E-state index in [9.17, 15) is 9.59 Å². The number of rotatable bonds is 8. The van der Waals surface area contributed by atoms with Crippen LogP contribution in [-0.4, -0.2) is 25.3 Å². The number of hydrogen-bond donors (Lipinski definition) is 0. The lowest BCUT2D eigenvalue weighted by Gasteiger charge is -2.38. The summed E-state index contributed by atoms with van der Waals surface area (Å²) in [5.74, 6) is 8.35. The molecule has 54 heavy (non-hydrogen) atoms. The number of pyridine rings is 2. The van der Waals surface area contributed by atoms with E-state index in [4.69, 9.17) is 0 Å². The fourth-order valence-corrected chi connectivity index (χ4v) is 20.5. The molecule has 0 atom stereocenters. The molecule has 2 aromatic heterocycles. The van der Waals surface area contributed by atoms with Crippen LogP contribution in [0.2, 0.25) is 33.2 Å². The Bertz CT molecular complexity index is 2050. The molecule has 288 valence electrons. The van der Waals surface area contributed by atoms with E-state index in [2.05, 4.69) is 118 Å². The van der Waals surface area contributed by atoms with E-state index in [0.29, 0.717) is 45.1 Å². The Morgan fingerprint density at radius 1 is 0.481 bits per heavy atom. The van der Waals surface area contributed by atoms with Crippen LogP contribution in [0.15, 0.2) is 58.1 Å². The van der Waals surface area contributed by atoms with Gasteiger partial charge in [0.2, 0.25) is 0 Å². The Balaban J connectivity index is 0.000000208. The van der Waals surface area contributed by atoms with Gasteiger partial charge < -0.3 is 9.13 Å². The van der Waals surface area contributed by atoms with Gasteiger partial charge in [-0.15, -0.1) is 11.1 Å². The van der Waals surface area contributed by atoms with Crippen molar-refractivity contribution in [2.24, 2.45) is 14.1 Å². The van der Waals surface area contributed by atoms with Crippen molar-refractivity contribution in [1.29, 1.82) is 0 Å². The largest absolute Gasteiger partial charge is 0.314 e. The predicted molar refractivity (Wildman–Crippen MR) is 238 cm³/mol. The summed E-state index contributed by atoms with van der Waals surface area (Å²) in [4.78, 5) is 25.8. The molecule has 2 heterocycles. The first-order valence-electron chi connectivity index (χ1n) is 20.7. The van der Waals surface area contributed by atoms with Crippen LogP contribution in [0.25, 0.3) is 21.5 Å². The van der Waals surface area contributed by atoms with Gasteiger partial charge in [0.15, 0.2) is 0 Å². The third-order valence-corrected chi connectivity index (χ3v) is 25.7. The molecule has 4 nitrogen and oxygen atoms in total. The van der Waals surface area contributed by atoms with Crippen molar-refractivity contribution in [1.82, 2.24) is 9.13 Å². The van der Waals surface area contributed by atoms with Crippen LogP contribution in [0.5, 0.6) is 0 Å². The van der Waals surface area contributed by atoms with E-state index in [1.165, 1.54) is 25.7 Å². The van der Waals surface area contributed by atoms with Crippen molar-refractivity contribution >= 4 is 37.7 Å². The van der Waals surface area contributed by atoms with Crippen molar-refractivity contribution < 1.29 is 0 Å². The monoisotopic (exact) mass is 758 g/mol. The fourth-order valence-electron chi connectivity index (χ4n) is 10.1. The Kier molecular flexibility index (Phi) is 12.5. The van der Waals surface area contributed by atoms with Gasteiger partial charge in [0, 0.05) is 58.9 Å². The Morgan fingerprint density at radius 3 is 0.981 bits per heavy atom. The van der Waals surface area contributed by atoms with Crippen LogP contribution in [0.1, 0.15) is 143 Å². The second kappa shape index (κ2) is 16.3. The topological polar surface area (TPSA) is 44.0 Å². The summed E-state index contributed by atoms with van der Waals surface area (Å²) in [5, 5.41) is 3.66. The zero-order valence-electron chi connectivity index (χ0n) is 35.8. The molecule has 6 rings (SSSR count). The molecule has 2 saturated carbocycles. The van der Waals surface area contributed by atoms with E-state index in [1.807, 2.05) is 59.6 Å². The molecule has 0 spiro atoms. The highest BCUT2D eigenvalue weighted by atomic mass is 28.3. The molecule has 2 fully saturated rings. The highest BCUT2D eigenvalue weighted by molar-refractivity contribution is 6.91. The average Bonchev–Trinajstić information content (AvgIpc) is 4.05. The van der Waals surface area contributed by atoms with Gasteiger partial charge in [0.25, 0.3) is 11.1 Å². The first-order valence-corrected chi connectivity index (χ1v) is 25.2. The quantitative estimate of drug-likeness (QED) is 0.133. The normalized spacial score (nSPS) is 14.9. The zero-order valence-corrected chi connectivity index (χ0v) is 37.8. The minimum absolute atomic E-state index is 0.109. The number of benzene rings is 2. The minimum Gasteiger partial charge on any atom is -0.314 e. The average molecular weight is 759 g/mol. The Hall–Kier alpha value is -3.59. The smallest absolute Gasteiger partial charge is 0.258 e. The maximum absolute atomic E-state index is 12.9. The molecule has 0 radical (unpaired) electrons. The SMILES string of the molecule is CC(C)[Si](C#Cc1c(C2CC2)n(C)c(=O)c2ccccc12)(C(C)C)C(C)C.CC(C)[Si](C#Cc1c(C2CC2)n(C)c(=O)c2ccccc12)(C(C)C)C(C)C.